The summed E-state index contributed by atoms with van der Waals surface area (Å²) in [7, 11) is 1.79. The minimum Gasteiger partial charge on any atom is -0.397 e. The normalized spacial score (nSPS) is 12.4. The van der Waals surface area contributed by atoms with Crippen molar-refractivity contribution in [1.29, 1.82) is 0 Å². The van der Waals surface area contributed by atoms with Crippen molar-refractivity contribution in [2.75, 3.05) is 18.9 Å². The highest BCUT2D eigenvalue weighted by molar-refractivity contribution is 5.93. The van der Waals surface area contributed by atoms with Crippen molar-refractivity contribution in [3.8, 4) is 0 Å². The Kier molecular flexibility index (Phi) is 4.37. The van der Waals surface area contributed by atoms with Gasteiger partial charge in [0.1, 0.15) is 5.69 Å². The number of hydrogen-bond donors (Lipinski definition) is 2. The second-order valence-electron chi connectivity index (χ2n) is 3.80. The van der Waals surface area contributed by atoms with Crippen LogP contribution in [0, 0.1) is 0 Å². The molecule has 1 unspecified atom stereocenters. The third-order valence-corrected chi connectivity index (χ3v) is 2.21. The smallest absolute Gasteiger partial charge is 0.268 e. The lowest BCUT2D eigenvalue weighted by atomic mass is 10.3. The van der Waals surface area contributed by atoms with E-state index < -0.39 is 0 Å². The van der Waals surface area contributed by atoms with Crippen LogP contribution in [0.25, 0.3) is 0 Å². The Morgan fingerprint density at radius 1 is 1.69 bits per heavy atom. The molecule has 1 heterocycles. The molecule has 0 saturated carbocycles. The van der Waals surface area contributed by atoms with E-state index in [0.717, 1.165) is 0 Å². The minimum atomic E-state index is -0.133. The maximum atomic E-state index is 11.8. The van der Waals surface area contributed by atoms with Crippen molar-refractivity contribution in [3.63, 3.8) is 0 Å². The van der Waals surface area contributed by atoms with Gasteiger partial charge < -0.3 is 20.4 Å². The van der Waals surface area contributed by atoms with Gasteiger partial charge in [-0.15, -0.1) is 0 Å². The topological polar surface area (TPSA) is 69.3 Å². The van der Waals surface area contributed by atoms with Crippen LogP contribution in [0.1, 0.15) is 24.3 Å². The third-order valence-electron chi connectivity index (χ3n) is 2.21. The van der Waals surface area contributed by atoms with E-state index in [0.29, 0.717) is 24.6 Å². The molecule has 1 atom stereocenters. The van der Waals surface area contributed by atoms with Gasteiger partial charge in [0, 0.05) is 25.9 Å². The number of nitrogens with one attached hydrogen (secondary N) is 1. The second-order valence-corrected chi connectivity index (χ2v) is 3.80. The first-order valence-electron chi connectivity index (χ1n) is 5.35. The van der Waals surface area contributed by atoms with Gasteiger partial charge in [-0.05, 0) is 19.9 Å². The molecule has 0 aliphatic rings. The SMILES string of the molecule is CCOCC(C)NC(=O)c1cc(N)cn1C. The molecule has 3 N–H and O–H groups in total. The lowest BCUT2D eigenvalue weighted by Crippen LogP contribution is -2.36. The van der Waals surface area contributed by atoms with E-state index in [9.17, 15) is 4.79 Å². The van der Waals surface area contributed by atoms with Gasteiger partial charge in [0.15, 0.2) is 0 Å². The summed E-state index contributed by atoms with van der Waals surface area (Å²) in [6, 6.07) is 1.64. The number of hydrogen-bond acceptors (Lipinski definition) is 3. The summed E-state index contributed by atoms with van der Waals surface area (Å²) in [6.07, 6.45) is 1.71. The number of carbonyl (C=O) groups excluding carboxylic acids is 1. The monoisotopic (exact) mass is 225 g/mol. The van der Waals surface area contributed by atoms with Gasteiger partial charge >= 0.3 is 0 Å². The quantitative estimate of drug-likeness (QED) is 0.777. The Balaban J connectivity index is 2.55. The van der Waals surface area contributed by atoms with Crippen molar-refractivity contribution < 1.29 is 9.53 Å². The molecule has 5 nitrogen and oxygen atoms in total. The number of aryl methyl sites for hydroxylation is 1. The average Bonchev–Trinajstić information content (AvgIpc) is 2.54. The summed E-state index contributed by atoms with van der Waals surface area (Å²) >= 11 is 0. The first-order chi connectivity index (χ1) is 7.54. The van der Waals surface area contributed by atoms with Crippen molar-refractivity contribution >= 4 is 11.6 Å². The number of amides is 1. The molecule has 1 amide bonds. The van der Waals surface area contributed by atoms with E-state index in [1.165, 1.54) is 0 Å². The van der Waals surface area contributed by atoms with Gasteiger partial charge in [-0.25, -0.2) is 0 Å². The maximum Gasteiger partial charge on any atom is 0.268 e. The molecule has 0 aromatic carbocycles. The van der Waals surface area contributed by atoms with E-state index in [1.54, 1.807) is 23.9 Å². The van der Waals surface area contributed by atoms with Gasteiger partial charge in [0.25, 0.3) is 5.91 Å². The molecule has 0 aliphatic carbocycles. The molecule has 0 aliphatic heterocycles. The van der Waals surface area contributed by atoms with Crippen LogP contribution in [0.15, 0.2) is 12.3 Å². The molecule has 0 bridgehead atoms. The molecule has 1 aromatic heterocycles. The summed E-state index contributed by atoms with van der Waals surface area (Å²) in [5.74, 6) is -0.133. The first-order valence-corrected chi connectivity index (χ1v) is 5.35. The standard InChI is InChI=1S/C11H19N3O2/c1-4-16-7-8(2)13-11(15)10-5-9(12)6-14(10)3/h5-6,8H,4,7,12H2,1-3H3,(H,13,15). The van der Waals surface area contributed by atoms with E-state index in [1.807, 2.05) is 13.8 Å². The molecule has 0 radical (unpaired) electrons. The molecule has 5 heteroatoms. The number of nitrogen functional groups attached to an aromatic ring is 1. The minimum absolute atomic E-state index is 0.0106. The zero-order valence-electron chi connectivity index (χ0n) is 9.99. The first kappa shape index (κ1) is 12.6. The van der Waals surface area contributed by atoms with E-state index in [4.69, 9.17) is 10.5 Å². The van der Waals surface area contributed by atoms with Gasteiger partial charge in [-0.1, -0.05) is 0 Å². The van der Waals surface area contributed by atoms with Gasteiger partial charge in [0.2, 0.25) is 0 Å². The van der Waals surface area contributed by atoms with E-state index in [-0.39, 0.29) is 11.9 Å². The summed E-state index contributed by atoms with van der Waals surface area (Å²) < 4.78 is 6.93. The highest BCUT2D eigenvalue weighted by Crippen LogP contribution is 2.08. The van der Waals surface area contributed by atoms with Crippen LogP contribution in [0.5, 0.6) is 0 Å². The largest absolute Gasteiger partial charge is 0.397 e. The third kappa shape index (κ3) is 3.27. The number of carbonyl (C=O) groups is 1. The van der Waals surface area contributed by atoms with Gasteiger partial charge in [-0.2, -0.15) is 0 Å². The molecule has 0 fully saturated rings. The summed E-state index contributed by atoms with van der Waals surface area (Å²) in [6.45, 7) is 4.99. The Labute approximate surface area is 95.6 Å². The molecular weight excluding hydrogens is 206 g/mol. The Morgan fingerprint density at radius 2 is 2.38 bits per heavy atom. The fraction of sp³-hybridized carbons (Fsp3) is 0.545. The molecule has 1 rings (SSSR count). The number of ether oxygens (including phenoxy) is 1. The summed E-state index contributed by atoms with van der Waals surface area (Å²) in [4.78, 5) is 11.8. The van der Waals surface area contributed by atoms with Crippen LogP contribution in [-0.2, 0) is 11.8 Å². The Bertz CT molecular complexity index is 360. The van der Waals surface area contributed by atoms with E-state index >= 15 is 0 Å². The highest BCUT2D eigenvalue weighted by Gasteiger charge is 2.13. The second kappa shape index (κ2) is 5.55. The van der Waals surface area contributed by atoms with Crippen molar-refractivity contribution in [2.45, 2.75) is 19.9 Å². The lowest BCUT2D eigenvalue weighted by molar-refractivity contribution is 0.0864. The molecule has 0 spiro atoms. The predicted molar refractivity (Wildman–Crippen MR) is 63.2 cm³/mol. The predicted octanol–water partition coefficient (Wildman–Crippen LogP) is 0.762. The number of nitrogens with two attached hydrogens (primary N) is 1. The fourth-order valence-corrected chi connectivity index (χ4v) is 1.45. The van der Waals surface area contributed by atoms with Gasteiger partial charge in [0.05, 0.1) is 12.3 Å². The van der Waals surface area contributed by atoms with Crippen LogP contribution in [-0.4, -0.2) is 29.7 Å². The lowest BCUT2D eigenvalue weighted by Gasteiger charge is -2.13. The number of nitrogens with zero attached hydrogens (tertiary/aromatic N) is 1. The summed E-state index contributed by atoms with van der Waals surface area (Å²) in [5, 5.41) is 2.84. The molecule has 0 saturated heterocycles. The fourth-order valence-electron chi connectivity index (χ4n) is 1.45. The van der Waals surface area contributed by atoms with Crippen LogP contribution < -0.4 is 11.1 Å². The van der Waals surface area contributed by atoms with Crippen LogP contribution in [0.2, 0.25) is 0 Å². The zero-order chi connectivity index (χ0) is 12.1. The number of rotatable bonds is 5. The van der Waals surface area contributed by atoms with Crippen LogP contribution >= 0.6 is 0 Å². The van der Waals surface area contributed by atoms with Crippen LogP contribution in [0.4, 0.5) is 5.69 Å². The molecule has 16 heavy (non-hydrogen) atoms. The summed E-state index contributed by atoms with van der Waals surface area (Å²) in [5.41, 5.74) is 6.75. The maximum absolute atomic E-state index is 11.8. The van der Waals surface area contributed by atoms with Gasteiger partial charge in [-0.3, -0.25) is 4.79 Å². The molecular formula is C11H19N3O2. The molecule has 1 aromatic rings. The van der Waals surface area contributed by atoms with Crippen molar-refractivity contribution in [1.82, 2.24) is 9.88 Å². The Hall–Kier alpha value is -1.49. The number of aromatic nitrogens is 1. The van der Waals surface area contributed by atoms with Crippen molar-refractivity contribution in [2.24, 2.45) is 7.05 Å². The highest BCUT2D eigenvalue weighted by atomic mass is 16.5. The van der Waals surface area contributed by atoms with Crippen molar-refractivity contribution in [3.05, 3.63) is 18.0 Å². The van der Waals surface area contributed by atoms with E-state index in [2.05, 4.69) is 5.32 Å². The molecule has 90 valence electrons. The number of anilines is 1. The Morgan fingerprint density at radius 3 is 2.88 bits per heavy atom. The zero-order valence-corrected chi connectivity index (χ0v) is 9.99. The average molecular weight is 225 g/mol. The van der Waals surface area contributed by atoms with Crippen LogP contribution in [0.3, 0.4) is 0 Å².